The lowest BCUT2D eigenvalue weighted by Crippen LogP contribution is -2.51. The number of rotatable bonds is 4. The smallest absolute Gasteiger partial charge is 0.238 e. The second-order valence-corrected chi connectivity index (χ2v) is 4.80. The summed E-state index contributed by atoms with van der Waals surface area (Å²) in [5.41, 5.74) is 0.770. The lowest BCUT2D eigenvalue weighted by atomic mass is 10.2. The zero-order chi connectivity index (χ0) is 13.7. The second-order valence-electron chi connectivity index (χ2n) is 4.80. The minimum absolute atomic E-state index is 0. The summed E-state index contributed by atoms with van der Waals surface area (Å²) in [7, 11) is 1.61. The molecule has 112 valence electrons. The first-order chi connectivity index (χ1) is 9.19. The van der Waals surface area contributed by atoms with Gasteiger partial charge in [-0.2, -0.15) is 0 Å². The Kier molecular flexibility index (Phi) is 6.78. The number of methoxy groups -OCH3 is 1. The Labute approximate surface area is 126 Å². The van der Waals surface area contributed by atoms with Gasteiger partial charge in [0, 0.05) is 37.4 Å². The highest BCUT2D eigenvalue weighted by atomic mass is 35.5. The molecule has 0 aliphatic carbocycles. The second kappa shape index (κ2) is 8.09. The molecule has 0 unspecified atom stereocenters. The standard InChI is InChI=1S/C14H21N3O2.ClH/c1-11-9-15-6-7-17(11)10-14(18)16-12-4-3-5-13(8-12)19-2;/h3-5,8,11,15H,6-7,9-10H2,1-2H3,(H,16,18);1H/t11-;/m1./s1. The van der Waals surface area contributed by atoms with Gasteiger partial charge in [-0.25, -0.2) is 0 Å². The van der Waals surface area contributed by atoms with Gasteiger partial charge in [0.25, 0.3) is 0 Å². The molecule has 1 saturated heterocycles. The molecular weight excluding hydrogens is 278 g/mol. The highest BCUT2D eigenvalue weighted by Gasteiger charge is 2.20. The number of carbonyl (C=O) groups excluding carboxylic acids is 1. The number of piperazine rings is 1. The number of halogens is 1. The van der Waals surface area contributed by atoms with Crippen LogP contribution in [0.25, 0.3) is 0 Å². The van der Waals surface area contributed by atoms with Gasteiger partial charge in [-0.15, -0.1) is 12.4 Å². The van der Waals surface area contributed by atoms with Gasteiger partial charge in [-0.05, 0) is 19.1 Å². The van der Waals surface area contributed by atoms with Gasteiger partial charge >= 0.3 is 0 Å². The predicted molar refractivity (Wildman–Crippen MR) is 82.8 cm³/mol. The molecule has 1 fully saturated rings. The molecule has 1 aromatic carbocycles. The molecule has 1 atom stereocenters. The Balaban J connectivity index is 0.00000200. The lowest BCUT2D eigenvalue weighted by Gasteiger charge is -2.33. The normalized spacial score (nSPS) is 19.0. The quantitative estimate of drug-likeness (QED) is 0.881. The Morgan fingerprint density at radius 1 is 1.55 bits per heavy atom. The van der Waals surface area contributed by atoms with Crippen LogP contribution in [0.4, 0.5) is 5.69 Å². The maximum absolute atomic E-state index is 12.0. The number of nitrogens with zero attached hydrogens (tertiary/aromatic N) is 1. The minimum Gasteiger partial charge on any atom is -0.497 e. The van der Waals surface area contributed by atoms with Crippen molar-refractivity contribution in [3.8, 4) is 5.75 Å². The van der Waals surface area contributed by atoms with E-state index < -0.39 is 0 Å². The van der Waals surface area contributed by atoms with Crippen LogP contribution in [-0.2, 0) is 4.79 Å². The summed E-state index contributed by atoms with van der Waals surface area (Å²) in [5.74, 6) is 0.760. The van der Waals surface area contributed by atoms with E-state index in [1.54, 1.807) is 7.11 Å². The van der Waals surface area contributed by atoms with Gasteiger partial charge in [0.05, 0.1) is 13.7 Å². The Hall–Kier alpha value is -1.30. The average molecular weight is 300 g/mol. The zero-order valence-corrected chi connectivity index (χ0v) is 12.7. The molecule has 2 rings (SSSR count). The molecule has 2 N–H and O–H groups in total. The largest absolute Gasteiger partial charge is 0.497 e. The number of hydrogen-bond donors (Lipinski definition) is 2. The average Bonchev–Trinajstić information content (AvgIpc) is 2.41. The molecule has 1 aromatic rings. The van der Waals surface area contributed by atoms with Crippen LogP contribution < -0.4 is 15.4 Å². The summed E-state index contributed by atoms with van der Waals surface area (Å²) in [6, 6.07) is 7.79. The van der Waals surface area contributed by atoms with Crippen LogP contribution in [0.3, 0.4) is 0 Å². The zero-order valence-electron chi connectivity index (χ0n) is 11.9. The van der Waals surface area contributed by atoms with Crippen molar-refractivity contribution < 1.29 is 9.53 Å². The van der Waals surface area contributed by atoms with Gasteiger partial charge in [0.15, 0.2) is 0 Å². The van der Waals surface area contributed by atoms with Gasteiger partial charge in [-0.3, -0.25) is 9.69 Å². The molecule has 0 saturated carbocycles. The molecule has 0 radical (unpaired) electrons. The molecule has 20 heavy (non-hydrogen) atoms. The van der Waals surface area contributed by atoms with E-state index in [-0.39, 0.29) is 18.3 Å². The Morgan fingerprint density at radius 3 is 3.05 bits per heavy atom. The molecule has 5 nitrogen and oxygen atoms in total. The van der Waals surface area contributed by atoms with Crippen molar-refractivity contribution in [2.45, 2.75) is 13.0 Å². The fourth-order valence-corrected chi connectivity index (χ4v) is 2.20. The number of hydrogen-bond acceptors (Lipinski definition) is 4. The van der Waals surface area contributed by atoms with E-state index in [4.69, 9.17) is 4.74 Å². The van der Waals surface area contributed by atoms with E-state index in [1.807, 2.05) is 24.3 Å². The van der Waals surface area contributed by atoms with Crippen molar-refractivity contribution in [3.63, 3.8) is 0 Å². The Morgan fingerprint density at radius 2 is 2.35 bits per heavy atom. The molecule has 1 aliphatic rings. The molecule has 6 heteroatoms. The fourth-order valence-electron chi connectivity index (χ4n) is 2.20. The molecule has 1 aliphatic heterocycles. The van der Waals surface area contributed by atoms with Crippen molar-refractivity contribution in [1.82, 2.24) is 10.2 Å². The number of anilines is 1. The maximum Gasteiger partial charge on any atom is 0.238 e. The molecule has 1 heterocycles. The van der Waals surface area contributed by atoms with Gasteiger partial charge in [0.1, 0.15) is 5.75 Å². The van der Waals surface area contributed by atoms with E-state index in [2.05, 4.69) is 22.5 Å². The number of carbonyl (C=O) groups is 1. The van der Waals surface area contributed by atoms with E-state index in [0.29, 0.717) is 12.6 Å². The summed E-state index contributed by atoms with van der Waals surface area (Å²) in [5, 5.41) is 6.22. The maximum atomic E-state index is 12.0. The van der Waals surface area contributed by atoms with Crippen LogP contribution >= 0.6 is 12.4 Å². The molecule has 1 amide bonds. The first-order valence-corrected chi connectivity index (χ1v) is 6.57. The fraction of sp³-hybridized carbons (Fsp3) is 0.500. The Bertz CT molecular complexity index is 442. The number of amides is 1. The SMILES string of the molecule is COc1cccc(NC(=O)CN2CCNC[C@H]2C)c1.Cl. The van der Waals surface area contributed by atoms with Crippen LogP contribution in [0.1, 0.15) is 6.92 Å². The summed E-state index contributed by atoms with van der Waals surface area (Å²) in [6.45, 7) is 5.35. The summed E-state index contributed by atoms with van der Waals surface area (Å²) >= 11 is 0. The van der Waals surface area contributed by atoms with Crippen molar-refractivity contribution in [2.75, 3.05) is 38.6 Å². The van der Waals surface area contributed by atoms with Gasteiger partial charge in [-0.1, -0.05) is 6.07 Å². The highest BCUT2D eigenvalue weighted by Crippen LogP contribution is 2.16. The number of nitrogens with one attached hydrogen (secondary N) is 2. The number of ether oxygens (including phenoxy) is 1. The third kappa shape index (κ3) is 4.67. The molecule has 0 spiro atoms. The summed E-state index contributed by atoms with van der Waals surface area (Å²) in [6.07, 6.45) is 0. The van der Waals surface area contributed by atoms with E-state index >= 15 is 0 Å². The molecular formula is C14H22ClN3O2. The first kappa shape index (κ1) is 16.8. The van der Waals surface area contributed by atoms with Crippen molar-refractivity contribution >= 4 is 24.0 Å². The van der Waals surface area contributed by atoms with E-state index in [0.717, 1.165) is 31.1 Å². The lowest BCUT2D eigenvalue weighted by molar-refractivity contribution is -0.118. The molecule has 0 aromatic heterocycles. The van der Waals surface area contributed by atoms with Crippen LogP contribution in [0.15, 0.2) is 24.3 Å². The van der Waals surface area contributed by atoms with Crippen molar-refractivity contribution in [3.05, 3.63) is 24.3 Å². The van der Waals surface area contributed by atoms with Crippen LogP contribution in [-0.4, -0.2) is 50.1 Å². The van der Waals surface area contributed by atoms with E-state index in [9.17, 15) is 4.79 Å². The van der Waals surface area contributed by atoms with Gasteiger partial charge < -0.3 is 15.4 Å². The summed E-state index contributed by atoms with van der Waals surface area (Å²) < 4.78 is 5.13. The minimum atomic E-state index is 0. The third-order valence-corrected chi connectivity index (χ3v) is 3.34. The summed E-state index contributed by atoms with van der Waals surface area (Å²) in [4.78, 5) is 14.2. The predicted octanol–water partition coefficient (Wildman–Crippen LogP) is 1.35. The van der Waals surface area contributed by atoms with Crippen LogP contribution in [0.2, 0.25) is 0 Å². The van der Waals surface area contributed by atoms with Crippen LogP contribution in [0, 0.1) is 0 Å². The van der Waals surface area contributed by atoms with E-state index in [1.165, 1.54) is 0 Å². The van der Waals surface area contributed by atoms with Crippen LogP contribution in [0.5, 0.6) is 5.75 Å². The van der Waals surface area contributed by atoms with Crippen molar-refractivity contribution in [1.29, 1.82) is 0 Å². The first-order valence-electron chi connectivity index (χ1n) is 6.57. The topological polar surface area (TPSA) is 53.6 Å². The molecule has 0 bridgehead atoms. The number of benzene rings is 1. The van der Waals surface area contributed by atoms with Crippen molar-refractivity contribution in [2.24, 2.45) is 0 Å². The monoisotopic (exact) mass is 299 g/mol. The highest BCUT2D eigenvalue weighted by molar-refractivity contribution is 5.92. The third-order valence-electron chi connectivity index (χ3n) is 3.34. The van der Waals surface area contributed by atoms with Gasteiger partial charge in [0.2, 0.25) is 5.91 Å².